The number of Topliss-reactive ketones (excluding diaryl/α,β-unsaturated/α-hetero) is 1. The van der Waals surface area contributed by atoms with E-state index in [1.807, 2.05) is 0 Å². The summed E-state index contributed by atoms with van der Waals surface area (Å²) in [5, 5.41) is 2.59. The summed E-state index contributed by atoms with van der Waals surface area (Å²) in [5.74, 6) is -1.68. The van der Waals surface area contributed by atoms with Crippen LogP contribution in [0.5, 0.6) is 0 Å². The Morgan fingerprint density at radius 1 is 1.04 bits per heavy atom. The molecule has 1 amide bonds. The molecule has 144 valence electrons. The molecule has 0 fully saturated rings. The molecule has 0 saturated heterocycles. The van der Waals surface area contributed by atoms with Crippen LogP contribution >= 0.6 is 0 Å². The lowest BCUT2D eigenvalue weighted by atomic mass is 10.1. The molecule has 0 aliphatic carbocycles. The van der Waals surface area contributed by atoms with Crippen LogP contribution in [-0.4, -0.2) is 37.5 Å². The smallest absolute Gasteiger partial charge is 0.255 e. The first-order valence-corrected chi connectivity index (χ1v) is 9.86. The Bertz CT molecular complexity index is 969. The highest BCUT2D eigenvalue weighted by Gasteiger charge is 2.26. The van der Waals surface area contributed by atoms with Crippen molar-refractivity contribution in [2.75, 3.05) is 18.4 Å². The number of rotatable bonds is 7. The summed E-state index contributed by atoms with van der Waals surface area (Å²) in [7, 11) is -4.05. The van der Waals surface area contributed by atoms with E-state index in [1.165, 1.54) is 19.1 Å². The van der Waals surface area contributed by atoms with Crippen molar-refractivity contribution in [3.05, 3.63) is 59.4 Å². The largest absolute Gasteiger partial charge is 0.322 e. The van der Waals surface area contributed by atoms with Gasteiger partial charge in [-0.2, -0.15) is 4.31 Å². The molecule has 0 bridgehead atoms. The van der Waals surface area contributed by atoms with E-state index < -0.39 is 26.6 Å². The second-order valence-electron chi connectivity index (χ2n) is 5.83. The first-order chi connectivity index (χ1) is 12.7. The fourth-order valence-corrected chi connectivity index (χ4v) is 4.11. The maximum atomic E-state index is 14.2. The summed E-state index contributed by atoms with van der Waals surface area (Å²) >= 11 is 0. The molecule has 0 aromatic heterocycles. The zero-order valence-corrected chi connectivity index (χ0v) is 16.1. The van der Waals surface area contributed by atoms with Gasteiger partial charge in [-0.25, -0.2) is 12.8 Å². The van der Waals surface area contributed by atoms with Gasteiger partial charge in [0.25, 0.3) is 5.91 Å². The summed E-state index contributed by atoms with van der Waals surface area (Å²) in [6, 6.07) is 9.53. The minimum Gasteiger partial charge on any atom is -0.322 e. The molecule has 27 heavy (non-hydrogen) atoms. The second-order valence-corrected chi connectivity index (χ2v) is 7.73. The number of halogens is 1. The predicted octanol–water partition coefficient (Wildman–Crippen LogP) is 3.31. The lowest BCUT2D eigenvalue weighted by molar-refractivity contribution is 0.101. The molecule has 6 nitrogen and oxygen atoms in total. The standard InChI is InChI=1S/C19H21FN2O4S/c1-4-22(5-2)27(25,26)18-12-15(9-10-17(18)20)19(24)21-16-8-6-7-14(11-16)13(3)23/h6-12H,4-5H2,1-3H3,(H,21,24). The third-order valence-electron chi connectivity index (χ3n) is 4.04. The van der Waals surface area contributed by atoms with Gasteiger partial charge >= 0.3 is 0 Å². The summed E-state index contributed by atoms with van der Waals surface area (Å²) in [4.78, 5) is 23.4. The van der Waals surface area contributed by atoms with Gasteiger partial charge in [-0.3, -0.25) is 9.59 Å². The van der Waals surface area contributed by atoms with E-state index in [0.29, 0.717) is 11.3 Å². The minimum absolute atomic E-state index is 0.00430. The number of hydrogen-bond acceptors (Lipinski definition) is 4. The van der Waals surface area contributed by atoms with E-state index >= 15 is 0 Å². The van der Waals surface area contributed by atoms with Crippen LogP contribution in [0.3, 0.4) is 0 Å². The van der Waals surface area contributed by atoms with Gasteiger partial charge in [0, 0.05) is 29.9 Å². The van der Waals surface area contributed by atoms with Gasteiger partial charge < -0.3 is 5.32 Å². The maximum absolute atomic E-state index is 14.2. The number of benzene rings is 2. The SMILES string of the molecule is CCN(CC)S(=O)(=O)c1cc(C(=O)Nc2cccc(C(C)=O)c2)ccc1F. The van der Waals surface area contributed by atoms with E-state index in [2.05, 4.69) is 5.32 Å². The van der Waals surface area contributed by atoms with Gasteiger partial charge in [0.1, 0.15) is 10.7 Å². The Kier molecular flexibility index (Phi) is 6.45. The average Bonchev–Trinajstić information content (AvgIpc) is 2.62. The first kappa shape index (κ1) is 20.7. The first-order valence-electron chi connectivity index (χ1n) is 8.42. The maximum Gasteiger partial charge on any atom is 0.255 e. The van der Waals surface area contributed by atoms with E-state index in [4.69, 9.17) is 0 Å². The van der Waals surface area contributed by atoms with E-state index in [0.717, 1.165) is 16.4 Å². The number of carbonyl (C=O) groups excluding carboxylic acids is 2. The van der Waals surface area contributed by atoms with E-state index in [1.54, 1.807) is 32.0 Å². The molecule has 1 N–H and O–H groups in total. The van der Waals surface area contributed by atoms with E-state index in [9.17, 15) is 22.4 Å². The third kappa shape index (κ3) is 4.58. The molecule has 0 radical (unpaired) electrons. The van der Waals surface area contributed by atoms with Gasteiger partial charge in [0.05, 0.1) is 0 Å². The van der Waals surface area contributed by atoms with Crippen LogP contribution in [0.15, 0.2) is 47.4 Å². The van der Waals surface area contributed by atoms with Crippen LogP contribution in [0.1, 0.15) is 41.5 Å². The Morgan fingerprint density at radius 3 is 2.30 bits per heavy atom. The predicted molar refractivity (Wildman–Crippen MR) is 101 cm³/mol. The summed E-state index contributed by atoms with van der Waals surface area (Å²) in [5.41, 5.74) is 0.803. The zero-order valence-electron chi connectivity index (χ0n) is 15.3. The Hall–Kier alpha value is -2.58. The van der Waals surface area contributed by atoms with Crippen LogP contribution in [0.25, 0.3) is 0 Å². The molecule has 0 atom stereocenters. The summed E-state index contributed by atoms with van der Waals surface area (Å²) < 4.78 is 40.4. The van der Waals surface area contributed by atoms with Gasteiger partial charge in [0.2, 0.25) is 10.0 Å². The van der Waals surface area contributed by atoms with Crippen molar-refractivity contribution in [3.8, 4) is 0 Å². The van der Waals surface area contributed by atoms with Crippen LogP contribution in [0, 0.1) is 5.82 Å². The van der Waals surface area contributed by atoms with Gasteiger partial charge in [-0.1, -0.05) is 26.0 Å². The second kappa shape index (κ2) is 8.41. The normalized spacial score (nSPS) is 11.4. The van der Waals surface area contributed by atoms with Crippen molar-refractivity contribution < 1.29 is 22.4 Å². The highest BCUT2D eigenvalue weighted by atomic mass is 32.2. The number of anilines is 1. The number of carbonyl (C=O) groups is 2. The average molecular weight is 392 g/mol. The monoisotopic (exact) mass is 392 g/mol. The Morgan fingerprint density at radius 2 is 1.70 bits per heavy atom. The molecule has 2 rings (SSSR count). The molecular formula is C19H21FN2O4S. The highest BCUT2D eigenvalue weighted by Crippen LogP contribution is 2.22. The molecule has 0 spiro atoms. The number of hydrogen-bond donors (Lipinski definition) is 1. The number of sulfonamides is 1. The molecule has 8 heteroatoms. The zero-order chi connectivity index (χ0) is 20.2. The minimum atomic E-state index is -4.05. The van der Waals surface area contributed by atoms with Crippen molar-refractivity contribution >= 4 is 27.4 Å². The third-order valence-corrected chi connectivity index (χ3v) is 6.11. The van der Waals surface area contributed by atoms with Crippen molar-refractivity contribution in [1.29, 1.82) is 0 Å². The lowest BCUT2D eigenvalue weighted by Crippen LogP contribution is -2.31. The van der Waals surface area contributed by atoms with Gasteiger partial charge in [0.15, 0.2) is 5.78 Å². The topological polar surface area (TPSA) is 83.6 Å². The number of nitrogens with zero attached hydrogens (tertiary/aromatic N) is 1. The number of ketones is 1. The molecular weight excluding hydrogens is 371 g/mol. The summed E-state index contributed by atoms with van der Waals surface area (Å²) in [6.07, 6.45) is 0. The molecule has 2 aromatic rings. The van der Waals surface area contributed by atoms with Gasteiger partial charge in [-0.15, -0.1) is 0 Å². The van der Waals surface area contributed by atoms with Crippen LogP contribution in [-0.2, 0) is 10.0 Å². The molecule has 0 saturated carbocycles. The fourth-order valence-electron chi connectivity index (χ4n) is 2.56. The highest BCUT2D eigenvalue weighted by molar-refractivity contribution is 7.89. The van der Waals surface area contributed by atoms with Crippen LogP contribution in [0.4, 0.5) is 10.1 Å². The van der Waals surface area contributed by atoms with E-state index in [-0.39, 0.29) is 24.4 Å². The van der Waals surface area contributed by atoms with Crippen molar-refractivity contribution in [2.45, 2.75) is 25.7 Å². The van der Waals surface area contributed by atoms with Crippen LogP contribution < -0.4 is 5.32 Å². The molecule has 0 aliphatic heterocycles. The Labute approximate surface area is 158 Å². The molecule has 2 aromatic carbocycles. The van der Waals surface area contributed by atoms with Crippen molar-refractivity contribution in [2.24, 2.45) is 0 Å². The van der Waals surface area contributed by atoms with Crippen molar-refractivity contribution in [3.63, 3.8) is 0 Å². The number of amides is 1. The molecule has 0 aliphatic rings. The van der Waals surface area contributed by atoms with Crippen LogP contribution in [0.2, 0.25) is 0 Å². The fraction of sp³-hybridized carbons (Fsp3) is 0.263. The molecule has 0 heterocycles. The number of nitrogens with one attached hydrogen (secondary N) is 1. The Balaban J connectivity index is 2.36. The van der Waals surface area contributed by atoms with Crippen molar-refractivity contribution in [1.82, 2.24) is 4.31 Å². The molecule has 0 unspecified atom stereocenters. The quantitative estimate of drug-likeness (QED) is 0.733. The summed E-state index contributed by atoms with van der Waals surface area (Å²) in [6.45, 7) is 5.08. The van der Waals surface area contributed by atoms with Gasteiger partial charge in [-0.05, 0) is 37.3 Å². The lowest BCUT2D eigenvalue weighted by Gasteiger charge is -2.19.